The summed E-state index contributed by atoms with van der Waals surface area (Å²) in [6.07, 6.45) is -1.81. The third kappa shape index (κ3) is 3.84. The Bertz CT molecular complexity index is 611. The van der Waals surface area contributed by atoms with Gasteiger partial charge in [-0.1, -0.05) is 12.1 Å². The molecule has 0 spiro atoms. The monoisotopic (exact) mass is 292 g/mol. The minimum atomic E-state index is -4.43. The largest absolute Gasteiger partial charge is 1.00 e. The number of carbonyl (C=O) groups is 1. The topological polar surface area (TPSA) is 57.9 Å². The van der Waals surface area contributed by atoms with Crippen LogP contribution in [0.1, 0.15) is 21.7 Å². The van der Waals surface area contributed by atoms with E-state index in [0.717, 1.165) is 12.1 Å². The zero-order chi connectivity index (χ0) is 14.0. The number of hydrogen-bond acceptors (Lipinski definition) is 3. The van der Waals surface area contributed by atoms with E-state index in [1.807, 2.05) is 0 Å². The van der Waals surface area contributed by atoms with Crippen molar-refractivity contribution in [3.05, 3.63) is 53.6 Å². The predicted octanol–water partition coefficient (Wildman–Crippen LogP) is -1.68. The standard InChI is InChI=1S/C12H9F3N2O2.Na/c13-12(14,15)9-3-1-2-8(6-9)7-17-5-4-16-10(17)11(18)19;/h1-6H,7H2,(H,18,19);/q;+1/p-1. The van der Waals surface area contributed by atoms with E-state index in [-0.39, 0.29) is 41.9 Å². The van der Waals surface area contributed by atoms with Crippen LogP contribution in [0, 0.1) is 0 Å². The van der Waals surface area contributed by atoms with Crippen molar-refractivity contribution in [3.8, 4) is 0 Å². The van der Waals surface area contributed by atoms with Crippen molar-refractivity contribution in [1.82, 2.24) is 9.55 Å². The number of nitrogens with zero attached hydrogens (tertiary/aromatic N) is 2. The summed E-state index contributed by atoms with van der Waals surface area (Å²) < 4.78 is 38.8. The second kappa shape index (κ2) is 6.43. The van der Waals surface area contributed by atoms with Crippen molar-refractivity contribution in [1.29, 1.82) is 0 Å². The zero-order valence-electron chi connectivity index (χ0n) is 10.5. The van der Waals surface area contributed by atoms with Gasteiger partial charge in [0.2, 0.25) is 0 Å². The average Bonchev–Trinajstić information content (AvgIpc) is 2.76. The van der Waals surface area contributed by atoms with Crippen LogP contribution in [0.25, 0.3) is 0 Å². The SMILES string of the molecule is O=C([O-])c1nccn1Cc1cccc(C(F)(F)F)c1.[Na+]. The van der Waals surface area contributed by atoms with Crippen LogP contribution in [0.4, 0.5) is 13.2 Å². The van der Waals surface area contributed by atoms with Gasteiger partial charge >= 0.3 is 35.7 Å². The molecule has 20 heavy (non-hydrogen) atoms. The first kappa shape index (κ1) is 16.7. The third-order valence-electron chi connectivity index (χ3n) is 2.51. The first-order valence-electron chi connectivity index (χ1n) is 5.26. The summed E-state index contributed by atoms with van der Waals surface area (Å²) in [6, 6.07) is 4.68. The molecule has 0 amide bonds. The number of rotatable bonds is 3. The van der Waals surface area contributed by atoms with Crippen LogP contribution in [-0.2, 0) is 12.7 Å². The number of aromatic carboxylic acids is 1. The van der Waals surface area contributed by atoms with E-state index in [9.17, 15) is 23.1 Å². The van der Waals surface area contributed by atoms with Crippen LogP contribution in [0.3, 0.4) is 0 Å². The summed E-state index contributed by atoms with van der Waals surface area (Å²) >= 11 is 0. The maximum atomic E-state index is 12.5. The molecule has 0 aliphatic rings. The molecule has 4 nitrogen and oxygen atoms in total. The maximum absolute atomic E-state index is 12.5. The third-order valence-corrected chi connectivity index (χ3v) is 2.51. The molecule has 0 saturated carbocycles. The van der Waals surface area contributed by atoms with E-state index in [1.54, 1.807) is 0 Å². The van der Waals surface area contributed by atoms with Crippen LogP contribution in [0.2, 0.25) is 0 Å². The first-order chi connectivity index (χ1) is 8.88. The first-order valence-corrected chi connectivity index (χ1v) is 5.26. The molecule has 2 rings (SSSR count). The van der Waals surface area contributed by atoms with Gasteiger partial charge in [-0.05, 0) is 17.7 Å². The number of hydrogen-bond donors (Lipinski definition) is 0. The van der Waals surface area contributed by atoms with E-state index < -0.39 is 17.7 Å². The number of carbonyl (C=O) groups excluding carboxylic acids is 1. The quantitative estimate of drug-likeness (QED) is 0.635. The van der Waals surface area contributed by atoms with Gasteiger partial charge in [-0.25, -0.2) is 4.98 Å². The van der Waals surface area contributed by atoms with Gasteiger partial charge in [0.15, 0.2) is 5.82 Å². The number of imidazole rings is 1. The van der Waals surface area contributed by atoms with Crippen molar-refractivity contribution in [2.75, 3.05) is 0 Å². The number of carboxylic acids is 1. The van der Waals surface area contributed by atoms with Gasteiger partial charge in [0.05, 0.1) is 5.56 Å². The normalized spacial score (nSPS) is 10.9. The molecular weight excluding hydrogens is 284 g/mol. The Kier molecular flexibility index (Phi) is 5.38. The van der Waals surface area contributed by atoms with Crippen molar-refractivity contribution in [2.45, 2.75) is 12.7 Å². The fourth-order valence-corrected chi connectivity index (χ4v) is 1.67. The van der Waals surface area contributed by atoms with Crippen LogP contribution >= 0.6 is 0 Å². The van der Waals surface area contributed by atoms with E-state index >= 15 is 0 Å². The molecule has 0 unspecified atom stereocenters. The molecule has 0 atom stereocenters. The molecule has 0 fully saturated rings. The summed E-state index contributed by atoms with van der Waals surface area (Å²) in [5.41, 5.74) is -0.449. The van der Waals surface area contributed by atoms with E-state index in [1.165, 1.54) is 29.1 Å². The fraction of sp³-hybridized carbons (Fsp3) is 0.167. The minimum Gasteiger partial charge on any atom is -0.542 e. The van der Waals surface area contributed by atoms with Gasteiger partial charge in [0, 0.05) is 18.9 Å². The summed E-state index contributed by atoms with van der Waals surface area (Å²) in [5, 5.41) is 10.7. The van der Waals surface area contributed by atoms with Crippen molar-refractivity contribution in [3.63, 3.8) is 0 Å². The van der Waals surface area contributed by atoms with Crippen molar-refractivity contribution in [2.24, 2.45) is 0 Å². The molecule has 1 aromatic carbocycles. The van der Waals surface area contributed by atoms with E-state index in [4.69, 9.17) is 0 Å². The molecule has 0 bridgehead atoms. The summed E-state index contributed by atoms with van der Waals surface area (Å²) in [7, 11) is 0. The number of benzene rings is 1. The number of carboxylic acid groups (broad SMARTS) is 1. The van der Waals surface area contributed by atoms with E-state index in [0.29, 0.717) is 5.56 Å². The second-order valence-electron chi connectivity index (χ2n) is 3.86. The smallest absolute Gasteiger partial charge is 0.542 e. The molecule has 1 aromatic heterocycles. The fourth-order valence-electron chi connectivity index (χ4n) is 1.67. The molecule has 2 aromatic rings. The summed E-state index contributed by atoms with van der Waals surface area (Å²) in [4.78, 5) is 14.3. The molecule has 0 radical (unpaired) electrons. The van der Waals surface area contributed by atoms with Crippen molar-refractivity contribution < 1.29 is 52.6 Å². The molecule has 0 saturated heterocycles. The Morgan fingerprint density at radius 1 is 1.35 bits per heavy atom. The van der Waals surface area contributed by atoms with Crippen LogP contribution in [-0.4, -0.2) is 15.5 Å². The van der Waals surface area contributed by atoms with Crippen molar-refractivity contribution >= 4 is 5.97 Å². The van der Waals surface area contributed by atoms with Crippen LogP contribution < -0.4 is 34.7 Å². The number of halogens is 3. The van der Waals surface area contributed by atoms with E-state index in [2.05, 4.69) is 4.98 Å². The zero-order valence-corrected chi connectivity index (χ0v) is 12.5. The Hall–Kier alpha value is -1.31. The predicted molar refractivity (Wildman–Crippen MR) is 57.1 cm³/mol. The molecule has 8 heteroatoms. The Morgan fingerprint density at radius 3 is 2.65 bits per heavy atom. The van der Waals surface area contributed by atoms with Gasteiger partial charge in [0.25, 0.3) is 0 Å². The number of aromatic nitrogens is 2. The van der Waals surface area contributed by atoms with Crippen LogP contribution in [0.15, 0.2) is 36.7 Å². The molecule has 0 N–H and O–H groups in total. The van der Waals surface area contributed by atoms with Gasteiger partial charge < -0.3 is 14.5 Å². The summed E-state index contributed by atoms with van der Waals surface area (Å²) in [5.74, 6) is -1.80. The summed E-state index contributed by atoms with van der Waals surface area (Å²) in [6.45, 7) is -0.0206. The minimum absolute atomic E-state index is 0. The number of alkyl halides is 3. The Balaban J connectivity index is 0.00000200. The average molecular weight is 292 g/mol. The Labute approximate surface area is 134 Å². The molecule has 0 aliphatic carbocycles. The van der Waals surface area contributed by atoms with Crippen LogP contribution in [0.5, 0.6) is 0 Å². The molecule has 1 heterocycles. The second-order valence-corrected chi connectivity index (χ2v) is 3.86. The van der Waals surface area contributed by atoms with Gasteiger partial charge in [-0.15, -0.1) is 0 Å². The molecule has 100 valence electrons. The van der Waals surface area contributed by atoms with Gasteiger partial charge in [-0.2, -0.15) is 13.2 Å². The Morgan fingerprint density at radius 2 is 2.05 bits per heavy atom. The van der Waals surface area contributed by atoms with Gasteiger partial charge in [-0.3, -0.25) is 0 Å². The molecular formula is C12H8F3N2NaO2. The maximum Gasteiger partial charge on any atom is 1.00 e. The molecule has 0 aliphatic heterocycles. The van der Waals surface area contributed by atoms with Gasteiger partial charge in [0.1, 0.15) is 5.97 Å².